The standard InChI is InChI=1S/C24H22Cl2N4O3/c1-6-18-28-17-11-14(12-27)19(24(4,13(3)31)23(32)33-7-2)21(22(17)30(18)5)29-20-15(25)9-8-10-16(20)26/h6,8-11,29H,1,7H2,2-5H3. The van der Waals surface area contributed by atoms with E-state index in [-0.39, 0.29) is 17.7 Å². The third kappa shape index (κ3) is 3.97. The zero-order valence-corrected chi connectivity index (χ0v) is 20.1. The molecule has 170 valence electrons. The number of nitriles is 1. The van der Waals surface area contributed by atoms with Gasteiger partial charge in [0, 0.05) is 12.6 Å². The van der Waals surface area contributed by atoms with Crippen molar-refractivity contribution in [1.82, 2.24) is 9.55 Å². The molecule has 3 rings (SSSR count). The van der Waals surface area contributed by atoms with E-state index in [2.05, 4.69) is 22.9 Å². The number of fused-ring (bicyclic) bond motifs is 1. The summed E-state index contributed by atoms with van der Waals surface area (Å²) in [5.74, 6) is -0.732. The second-order valence-corrected chi connectivity index (χ2v) is 8.32. The number of hydrogen-bond donors (Lipinski definition) is 1. The average Bonchev–Trinajstić information content (AvgIpc) is 3.10. The molecule has 0 bridgehead atoms. The number of hydrogen-bond acceptors (Lipinski definition) is 6. The highest BCUT2D eigenvalue weighted by Gasteiger charge is 2.46. The molecule has 0 radical (unpaired) electrons. The van der Waals surface area contributed by atoms with Crippen molar-refractivity contribution >= 4 is 63.4 Å². The molecule has 1 heterocycles. The Bertz CT molecular complexity index is 1320. The summed E-state index contributed by atoms with van der Waals surface area (Å²) >= 11 is 12.8. The van der Waals surface area contributed by atoms with E-state index in [0.29, 0.717) is 38.3 Å². The fourth-order valence-electron chi connectivity index (χ4n) is 3.75. The molecule has 1 unspecified atom stereocenters. The van der Waals surface area contributed by atoms with Crippen molar-refractivity contribution in [3.05, 3.63) is 57.8 Å². The molecule has 1 atom stereocenters. The van der Waals surface area contributed by atoms with E-state index < -0.39 is 17.2 Å². The number of ether oxygens (including phenoxy) is 1. The van der Waals surface area contributed by atoms with Crippen molar-refractivity contribution < 1.29 is 14.3 Å². The van der Waals surface area contributed by atoms with Crippen LogP contribution >= 0.6 is 23.2 Å². The van der Waals surface area contributed by atoms with Gasteiger partial charge in [0.2, 0.25) is 0 Å². The third-order valence-corrected chi connectivity index (χ3v) is 6.23. The molecular weight excluding hydrogens is 463 g/mol. The lowest BCUT2D eigenvalue weighted by Crippen LogP contribution is -2.42. The summed E-state index contributed by atoms with van der Waals surface area (Å²) in [4.78, 5) is 30.6. The van der Waals surface area contributed by atoms with Crippen LogP contribution in [0.15, 0.2) is 30.8 Å². The SMILES string of the molecule is C=Cc1nc2cc(C#N)c(C(C)(C(C)=O)C(=O)OCC)c(Nc3c(Cl)cccc3Cl)c2n1C. The van der Waals surface area contributed by atoms with Crippen LogP contribution in [0.3, 0.4) is 0 Å². The largest absolute Gasteiger partial charge is 0.465 e. The van der Waals surface area contributed by atoms with Gasteiger partial charge in [-0.15, -0.1) is 0 Å². The van der Waals surface area contributed by atoms with E-state index in [9.17, 15) is 14.9 Å². The fraction of sp³-hybridized carbons (Fsp3) is 0.250. The maximum atomic E-state index is 13.1. The second-order valence-electron chi connectivity index (χ2n) is 7.51. The van der Waals surface area contributed by atoms with Crippen LogP contribution in [0, 0.1) is 11.3 Å². The number of aromatic nitrogens is 2. The van der Waals surface area contributed by atoms with Crippen LogP contribution in [-0.2, 0) is 26.8 Å². The zero-order chi connectivity index (χ0) is 24.5. The molecule has 2 aromatic carbocycles. The molecule has 0 aliphatic carbocycles. The van der Waals surface area contributed by atoms with Gasteiger partial charge < -0.3 is 14.6 Å². The lowest BCUT2D eigenvalue weighted by Gasteiger charge is -2.29. The Labute approximate surface area is 201 Å². The summed E-state index contributed by atoms with van der Waals surface area (Å²) in [6.45, 7) is 8.23. The zero-order valence-electron chi connectivity index (χ0n) is 18.6. The number of carbonyl (C=O) groups is 2. The average molecular weight is 485 g/mol. The van der Waals surface area contributed by atoms with Gasteiger partial charge in [0.05, 0.1) is 50.7 Å². The van der Waals surface area contributed by atoms with Gasteiger partial charge in [0.15, 0.2) is 11.2 Å². The lowest BCUT2D eigenvalue weighted by molar-refractivity contribution is -0.152. The van der Waals surface area contributed by atoms with Gasteiger partial charge in [-0.05, 0) is 45.0 Å². The van der Waals surface area contributed by atoms with Crippen LogP contribution in [-0.4, -0.2) is 27.9 Å². The minimum absolute atomic E-state index is 0.0667. The molecule has 9 heteroatoms. The summed E-state index contributed by atoms with van der Waals surface area (Å²) < 4.78 is 7.00. The maximum Gasteiger partial charge on any atom is 0.323 e. The number of carbonyl (C=O) groups excluding carboxylic acids is 2. The number of para-hydroxylation sites is 1. The first-order valence-corrected chi connectivity index (χ1v) is 10.8. The monoisotopic (exact) mass is 484 g/mol. The fourth-order valence-corrected chi connectivity index (χ4v) is 4.24. The van der Waals surface area contributed by atoms with Gasteiger partial charge in [0.25, 0.3) is 0 Å². The molecule has 0 saturated heterocycles. The Morgan fingerprint density at radius 1 is 1.33 bits per heavy atom. The Balaban J connectivity index is 2.53. The van der Waals surface area contributed by atoms with Crippen molar-refractivity contribution in [3.63, 3.8) is 0 Å². The Hall–Kier alpha value is -3.34. The number of anilines is 2. The first kappa shape index (κ1) is 24.3. The predicted octanol–water partition coefficient (Wildman–Crippen LogP) is 5.55. The Kier molecular flexibility index (Phi) is 6.82. The summed E-state index contributed by atoms with van der Waals surface area (Å²) in [5.41, 5.74) is 0.109. The first-order valence-electron chi connectivity index (χ1n) is 10.1. The number of benzene rings is 2. The van der Waals surface area contributed by atoms with E-state index in [1.165, 1.54) is 19.9 Å². The van der Waals surface area contributed by atoms with Gasteiger partial charge in [0.1, 0.15) is 5.82 Å². The molecule has 33 heavy (non-hydrogen) atoms. The van der Waals surface area contributed by atoms with Gasteiger partial charge in [-0.1, -0.05) is 35.8 Å². The van der Waals surface area contributed by atoms with Crippen LogP contribution in [0.1, 0.15) is 37.7 Å². The highest BCUT2D eigenvalue weighted by Crippen LogP contribution is 2.43. The molecule has 3 aromatic rings. The minimum Gasteiger partial charge on any atom is -0.465 e. The Morgan fingerprint density at radius 3 is 2.48 bits per heavy atom. The molecule has 1 aromatic heterocycles. The lowest BCUT2D eigenvalue weighted by atomic mass is 9.75. The van der Waals surface area contributed by atoms with Gasteiger partial charge in [-0.25, -0.2) is 4.98 Å². The molecule has 0 aliphatic rings. The number of nitrogens with zero attached hydrogens (tertiary/aromatic N) is 3. The van der Waals surface area contributed by atoms with Crippen LogP contribution in [0.4, 0.5) is 11.4 Å². The number of imidazole rings is 1. The summed E-state index contributed by atoms with van der Waals surface area (Å²) in [6, 6.07) is 8.63. The molecular formula is C24H22Cl2N4O3. The minimum atomic E-state index is -1.79. The van der Waals surface area contributed by atoms with Crippen molar-refractivity contribution in [3.8, 4) is 6.07 Å². The van der Waals surface area contributed by atoms with Crippen molar-refractivity contribution in [2.75, 3.05) is 11.9 Å². The number of Topliss-reactive ketones (excluding diaryl/α,β-unsaturated/α-hetero) is 1. The van der Waals surface area contributed by atoms with E-state index in [1.807, 2.05) is 0 Å². The highest BCUT2D eigenvalue weighted by atomic mass is 35.5. The smallest absolute Gasteiger partial charge is 0.323 e. The van der Waals surface area contributed by atoms with Crippen molar-refractivity contribution in [2.24, 2.45) is 7.05 Å². The van der Waals surface area contributed by atoms with Gasteiger partial charge in [-0.3, -0.25) is 9.59 Å². The highest BCUT2D eigenvalue weighted by molar-refractivity contribution is 6.39. The normalized spacial score (nSPS) is 12.6. The van der Waals surface area contributed by atoms with E-state index in [4.69, 9.17) is 27.9 Å². The predicted molar refractivity (Wildman–Crippen MR) is 130 cm³/mol. The molecule has 0 spiro atoms. The van der Waals surface area contributed by atoms with E-state index in [0.717, 1.165) is 0 Å². The summed E-state index contributed by atoms with van der Waals surface area (Å²) in [6.07, 6.45) is 1.56. The number of halogens is 2. The first-order chi connectivity index (χ1) is 15.6. The van der Waals surface area contributed by atoms with Crippen molar-refractivity contribution in [1.29, 1.82) is 5.26 Å². The van der Waals surface area contributed by atoms with E-state index in [1.54, 1.807) is 42.8 Å². The second kappa shape index (κ2) is 9.26. The summed E-state index contributed by atoms with van der Waals surface area (Å²) in [7, 11) is 1.76. The number of esters is 1. The van der Waals surface area contributed by atoms with Gasteiger partial charge >= 0.3 is 5.97 Å². The quantitative estimate of drug-likeness (QED) is 0.348. The number of aryl methyl sites for hydroxylation is 1. The topological polar surface area (TPSA) is 97.0 Å². The maximum absolute atomic E-state index is 13.1. The number of nitrogens with one attached hydrogen (secondary N) is 1. The van der Waals surface area contributed by atoms with E-state index >= 15 is 0 Å². The van der Waals surface area contributed by atoms with Crippen LogP contribution < -0.4 is 5.32 Å². The van der Waals surface area contributed by atoms with Gasteiger partial charge in [-0.2, -0.15) is 5.26 Å². The molecule has 0 amide bonds. The summed E-state index contributed by atoms with van der Waals surface area (Å²) in [5, 5.41) is 13.8. The van der Waals surface area contributed by atoms with Crippen LogP contribution in [0.25, 0.3) is 17.1 Å². The third-order valence-electron chi connectivity index (χ3n) is 5.60. The van der Waals surface area contributed by atoms with Crippen LogP contribution in [0.2, 0.25) is 10.0 Å². The van der Waals surface area contributed by atoms with Crippen LogP contribution in [0.5, 0.6) is 0 Å². The van der Waals surface area contributed by atoms with Crippen molar-refractivity contribution in [2.45, 2.75) is 26.2 Å². The Morgan fingerprint density at radius 2 is 1.97 bits per heavy atom. The number of rotatable bonds is 7. The molecule has 7 nitrogen and oxygen atoms in total. The molecule has 1 N–H and O–H groups in total. The molecule has 0 fully saturated rings. The molecule has 0 saturated carbocycles. The molecule has 0 aliphatic heterocycles. The number of ketones is 1.